The summed E-state index contributed by atoms with van der Waals surface area (Å²) in [5.74, 6) is -1.06. The normalized spacial score (nSPS) is 11.7. The molecule has 5 nitrogen and oxygen atoms in total. The first-order valence-electron chi connectivity index (χ1n) is 9.78. The fraction of sp³-hybridized carbons (Fsp3) is 0.120. The number of anilines is 1. The second kappa shape index (κ2) is 10.7. The van der Waals surface area contributed by atoms with Crippen molar-refractivity contribution in [1.82, 2.24) is 0 Å². The zero-order valence-electron chi connectivity index (χ0n) is 17.0. The standard InChI is InChI=1S/C25H22FNO4/c1-2-30-22-11-7-6-10-21(22)27-25(29)24(19-8-4-3-5-9-19)31-23(28)17-14-18-12-15-20(26)16-13-18/h3-17,24H,2H2,1H3,(H,27,29)/b17-14+/t24-/m0/s1. The first-order chi connectivity index (χ1) is 15.1. The van der Waals surface area contributed by atoms with Crippen molar-refractivity contribution >= 4 is 23.6 Å². The van der Waals surface area contributed by atoms with Crippen molar-refractivity contribution in [1.29, 1.82) is 0 Å². The van der Waals surface area contributed by atoms with Crippen LogP contribution in [0.3, 0.4) is 0 Å². The summed E-state index contributed by atoms with van der Waals surface area (Å²) in [4.78, 5) is 25.4. The number of benzene rings is 3. The Morgan fingerprint density at radius 1 is 0.968 bits per heavy atom. The van der Waals surface area contributed by atoms with Gasteiger partial charge in [-0.05, 0) is 42.8 Å². The van der Waals surface area contributed by atoms with E-state index in [0.717, 1.165) is 0 Å². The van der Waals surface area contributed by atoms with Crippen LogP contribution < -0.4 is 10.1 Å². The first-order valence-corrected chi connectivity index (χ1v) is 9.78. The Morgan fingerprint density at radius 2 is 1.65 bits per heavy atom. The zero-order chi connectivity index (χ0) is 22.1. The van der Waals surface area contributed by atoms with E-state index < -0.39 is 18.0 Å². The molecule has 0 unspecified atom stereocenters. The number of hydrogen-bond donors (Lipinski definition) is 1. The third kappa shape index (κ3) is 6.27. The second-order valence-corrected chi connectivity index (χ2v) is 6.53. The van der Waals surface area contributed by atoms with E-state index in [0.29, 0.717) is 29.2 Å². The molecule has 3 aromatic carbocycles. The molecule has 1 amide bonds. The van der Waals surface area contributed by atoms with E-state index >= 15 is 0 Å². The van der Waals surface area contributed by atoms with Gasteiger partial charge < -0.3 is 14.8 Å². The van der Waals surface area contributed by atoms with Crippen LogP contribution >= 0.6 is 0 Å². The molecule has 3 rings (SSSR count). The number of rotatable bonds is 8. The van der Waals surface area contributed by atoms with E-state index in [9.17, 15) is 14.0 Å². The van der Waals surface area contributed by atoms with Crippen LogP contribution in [0.5, 0.6) is 5.75 Å². The lowest BCUT2D eigenvalue weighted by molar-refractivity contribution is -0.149. The largest absolute Gasteiger partial charge is 0.492 e. The molecule has 0 spiro atoms. The van der Waals surface area contributed by atoms with Crippen molar-refractivity contribution in [3.05, 3.63) is 102 Å². The molecule has 31 heavy (non-hydrogen) atoms. The number of esters is 1. The molecule has 3 aromatic rings. The summed E-state index contributed by atoms with van der Waals surface area (Å²) in [5, 5.41) is 2.77. The van der Waals surface area contributed by atoms with Crippen LogP contribution in [0.25, 0.3) is 6.08 Å². The molecule has 0 aliphatic rings. The molecule has 158 valence electrons. The SMILES string of the molecule is CCOc1ccccc1NC(=O)[C@@H](OC(=O)/C=C/c1ccc(F)cc1)c1ccccc1. The van der Waals surface area contributed by atoms with Gasteiger partial charge in [0.1, 0.15) is 11.6 Å². The highest BCUT2D eigenvalue weighted by molar-refractivity contribution is 5.98. The van der Waals surface area contributed by atoms with Crippen LogP contribution in [0.1, 0.15) is 24.2 Å². The third-order valence-corrected chi connectivity index (χ3v) is 4.30. The first kappa shape index (κ1) is 21.8. The summed E-state index contributed by atoms with van der Waals surface area (Å²) < 4.78 is 24.0. The summed E-state index contributed by atoms with van der Waals surface area (Å²) >= 11 is 0. The van der Waals surface area contributed by atoms with Crippen molar-refractivity contribution < 1.29 is 23.5 Å². The van der Waals surface area contributed by atoms with E-state index in [4.69, 9.17) is 9.47 Å². The van der Waals surface area contributed by atoms with Crippen LogP contribution in [-0.4, -0.2) is 18.5 Å². The van der Waals surface area contributed by atoms with Gasteiger partial charge in [-0.1, -0.05) is 54.6 Å². The minimum absolute atomic E-state index is 0.368. The molecule has 1 atom stereocenters. The van der Waals surface area contributed by atoms with E-state index in [1.807, 2.05) is 6.92 Å². The molecule has 0 saturated heterocycles. The van der Waals surface area contributed by atoms with E-state index in [1.54, 1.807) is 54.6 Å². The van der Waals surface area contributed by atoms with Crippen LogP contribution in [0.15, 0.2) is 84.9 Å². The molecule has 0 aromatic heterocycles. The van der Waals surface area contributed by atoms with Crippen molar-refractivity contribution in [3.8, 4) is 5.75 Å². The summed E-state index contributed by atoms with van der Waals surface area (Å²) in [6, 6.07) is 21.4. The molecule has 1 N–H and O–H groups in total. The number of carbonyl (C=O) groups is 2. The van der Waals surface area contributed by atoms with Gasteiger partial charge in [0.2, 0.25) is 6.10 Å². The van der Waals surface area contributed by atoms with Crippen LogP contribution in [0, 0.1) is 5.82 Å². The summed E-state index contributed by atoms with van der Waals surface area (Å²) in [5.41, 5.74) is 1.63. The van der Waals surface area contributed by atoms with Gasteiger partial charge in [-0.2, -0.15) is 0 Å². The van der Waals surface area contributed by atoms with E-state index in [2.05, 4.69) is 5.32 Å². The minimum Gasteiger partial charge on any atom is -0.492 e. The number of ether oxygens (including phenoxy) is 2. The Bertz CT molecular complexity index is 1050. The van der Waals surface area contributed by atoms with Crippen LogP contribution in [0.4, 0.5) is 10.1 Å². The number of para-hydroxylation sites is 2. The summed E-state index contributed by atoms with van der Waals surface area (Å²) in [7, 11) is 0. The van der Waals surface area contributed by atoms with Crippen molar-refractivity contribution in [2.45, 2.75) is 13.0 Å². The van der Waals surface area contributed by atoms with Crippen molar-refractivity contribution in [2.75, 3.05) is 11.9 Å². The van der Waals surface area contributed by atoms with Gasteiger partial charge in [0.05, 0.1) is 12.3 Å². The highest BCUT2D eigenvalue weighted by Crippen LogP contribution is 2.26. The van der Waals surface area contributed by atoms with Gasteiger partial charge in [0, 0.05) is 11.6 Å². The van der Waals surface area contributed by atoms with Gasteiger partial charge in [-0.15, -0.1) is 0 Å². The van der Waals surface area contributed by atoms with E-state index in [1.165, 1.54) is 36.4 Å². The Morgan fingerprint density at radius 3 is 2.35 bits per heavy atom. The van der Waals surface area contributed by atoms with Gasteiger partial charge >= 0.3 is 5.97 Å². The molecule has 0 aliphatic carbocycles. The Labute approximate surface area is 180 Å². The smallest absolute Gasteiger partial charge is 0.331 e. The number of amides is 1. The summed E-state index contributed by atoms with van der Waals surface area (Å²) in [6.07, 6.45) is 1.53. The van der Waals surface area contributed by atoms with Crippen molar-refractivity contribution in [3.63, 3.8) is 0 Å². The molecular formula is C25H22FNO4. The molecule has 0 aliphatic heterocycles. The Hall–Kier alpha value is -3.93. The Balaban J connectivity index is 1.78. The number of halogens is 1. The number of hydrogen-bond acceptors (Lipinski definition) is 4. The van der Waals surface area contributed by atoms with Gasteiger partial charge in [0.15, 0.2) is 0 Å². The second-order valence-electron chi connectivity index (χ2n) is 6.53. The maximum Gasteiger partial charge on any atom is 0.331 e. The maximum atomic E-state index is 13.0. The Kier molecular flexibility index (Phi) is 7.54. The lowest BCUT2D eigenvalue weighted by Gasteiger charge is -2.18. The molecular weight excluding hydrogens is 397 g/mol. The zero-order valence-corrected chi connectivity index (χ0v) is 17.0. The fourth-order valence-corrected chi connectivity index (χ4v) is 2.84. The molecule has 0 saturated carbocycles. The summed E-state index contributed by atoms with van der Waals surface area (Å²) in [6.45, 7) is 2.29. The average Bonchev–Trinajstić information content (AvgIpc) is 2.79. The molecule has 6 heteroatoms. The highest BCUT2D eigenvalue weighted by Gasteiger charge is 2.25. The van der Waals surface area contributed by atoms with Crippen LogP contribution in [-0.2, 0) is 14.3 Å². The maximum absolute atomic E-state index is 13.0. The van der Waals surface area contributed by atoms with Gasteiger partial charge in [-0.25, -0.2) is 9.18 Å². The lowest BCUT2D eigenvalue weighted by atomic mass is 10.1. The topological polar surface area (TPSA) is 64.6 Å². The predicted octanol–water partition coefficient (Wildman–Crippen LogP) is 5.16. The number of nitrogens with one attached hydrogen (secondary N) is 1. The molecule has 0 bridgehead atoms. The average molecular weight is 419 g/mol. The minimum atomic E-state index is -1.17. The molecule has 0 fully saturated rings. The van der Waals surface area contributed by atoms with E-state index in [-0.39, 0.29) is 5.82 Å². The van der Waals surface area contributed by atoms with Gasteiger partial charge in [-0.3, -0.25) is 4.79 Å². The molecule has 0 heterocycles. The monoisotopic (exact) mass is 419 g/mol. The van der Waals surface area contributed by atoms with Crippen LogP contribution in [0.2, 0.25) is 0 Å². The highest BCUT2D eigenvalue weighted by atomic mass is 19.1. The molecule has 0 radical (unpaired) electrons. The fourth-order valence-electron chi connectivity index (χ4n) is 2.84. The lowest BCUT2D eigenvalue weighted by Crippen LogP contribution is -2.25. The third-order valence-electron chi connectivity index (χ3n) is 4.30. The number of carbonyl (C=O) groups excluding carboxylic acids is 2. The predicted molar refractivity (Wildman–Crippen MR) is 117 cm³/mol. The quantitative estimate of drug-likeness (QED) is 0.405. The van der Waals surface area contributed by atoms with Gasteiger partial charge in [0.25, 0.3) is 5.91 Å². The van der Waals surface area contributed by atoms with Crippen molar-refractivity contribution in [2.24, 2.45) is 0 Å².